The molecular weight excluding hydrogens is 569 g/mol. The molecule has 0 fully saturated rings. The van der Waals surface area contributed by atoms with Crippen molar-refractivity contribution in [3.63, 3.8) is 0 Å². The van der Waals surface area contributed by atoms with Crippen molar-refractivity contribution in [1.29, 1.82) is 0 Å². The lowest BCUT2D eigenvalue weighted by molar-refractivity contribution is -0.129. The van der Waals surface area contributed by atoms with Gasteiger partial charge in [0.05, 0.1) is 17.7 Å². The lowest BCUT2D eigenvalue weighted by Gasteiger charge is -2.13. The lowest BCUT2D eigenvalue weighted by Crippen LogP contribution is -2.11. The molecule has 1 aliphatic heterocycles. The van der Waals surface area contributed by atoms with Crippen LogP contribution in [0.4, 0.5) is 0 Å². The predicted octanol–water partition coefficient (Wildman–Crippen LogP) is 6.13. The van der Waals surface area contributed by atoms with Gasteiger partial charge in [-0.25, -0.2) is 14.6 Å². The van der Waals surface area contributed by atoms with Gasteiger partial charge in [0.25, 0.3) is 0 Å². The Kier molecular flexibility index (Phi) is 7.04. The number of cyclic esters (lactones) is 1. The molecule has 0 spiro atoms. The van der Waals surface area contributed by atoms with Gasteiger partial charge in [0.2, 0.25) is 5.90 Å². The van der Waals surface area contributed by atoms with Gasteiger partial charge in [0, 0.05) is 9.13 Å². The average molecular weight is 588 g/mol. The van der Waals surface area contributed by atoms with Gasteiger partial charge in [-0.05, 0) is 95.6 Å². The normalized spacial score (nSPS) is 14.1. The molecule has 34 heavy (non-hydrogen) atoms. The van der Waals surface area contributed by atoms with E-state index in [1.807, 2.05) is 44.2 Å². The number of benzene rings is 3. The maximum atomic E-state index is 12.6. The molecule has 0 amide bonds. The predicted molar refractivity (Wildman–Crippen MR) is 139 cm³/mol. The van der Waals surface area contributed by atoms with Crippen molar-refractivity contribution >= 4 is 58.1 Å². The summed E-state index contributed by atoms with van der Waals surface area (Å²) in [5.41, 5.74) is 3.63. The van der Waals surface area contributed by atoms with Crippen LogP contribution in [-0.4, -0.2) is 24.9 Å². The van der Waals surface area contributed by atoms with Gasteiger partial charge in [0.15, 0.2) is 17.2 Å². The third-order valence-electron chi connectivity index (χ3n) is 5.14. The number of nitrogens with zero attached hydrogens (tertiary/aromatic N) is 1. The Hall–Kier alpha value is -3.17. The number of esters is 2. The second-order valence-corrected chi connectivity index (χ2v) is 9.11. The Morgan fingerprint density at radius 3 is 2.56 bits per heavy atom. The SMILES string of the molecule is COc1cc(/C=C2\N=C(c3ccc(I)c(C)c3)OC2=O)cc(Cl)c1OC(=O)c1ccccc1C. The van der Waals surface area contributed by atoms with Gasteiger partial charge in [-0.1, -0.05) is 29.8 Å². The molecule has 0 saturated carbocycles. The Morgan fingerprint density at radius 2 is 1.85 bits per heavy atom. The molecule has 8 heteroatoms. The number of carbonyl (C=O) groups excluding carboxylic acids is 2. The topological polar surface area (TPSA) is 74.2 Å². The molecule has 3 aromatic carbocycles. The van der Waals surface area contributed by atoms with E-state index in [-0.39, 0.29) is 28.1 Å². The van der Waals surface area contributed by atoms with Crippen LogP contribution < -0.4 is 9.47 Å². The van der Waals surface area contributed by atoms with Gasteiger partial charge < -0.3 is 14.2 Å². The summed E-state index contributed by atoms with van der Waals surface area (Å²) >= 11 is 8.66. The zero-order valence-electron chi connectivity index (χ0n) is 18.5. The molecular formula is C26H19ClINO5. The molecule has 0 aromatic heterocycles. The highest BCUT2D eigenvalue weighted by Crippen LogP contribution is 2.38. The zero-order chi connectivity index (χ0) is 24.4. The number of halogens is 2. The highest BCUT2D eigenvalue weighted by atomic mass is 127. The van der Waals surface area contributed by atoms with Crippen LogP contribution in [0, 0.1) is 17.4 Å². The summed E-state index contributed by atoms with van der Waals surface area (Å²) in [4.78, 5) is 29.4. The Morgan fingerprint density at radius 1 is 1.09 bits per heavy atom. The minimum absolute atomic E-state index is 0.0899. The van der Waals surface area contributed by atoms with E-state index >= 15 is 0 Å². The van der Waals surface area contributed by atoms with Crippen LogP contribution in [0.1, 0.15) is 32.6 Å². The van der Waals surface area contributed by atoms with Crippen LogP contribution >= 0.6 is 34.2 Å². The minimum Gasteiger partial charge on any atom is -0.493 e. The second-order valence-electron chi connectivity index (χ2n) is 7.54. The Bertz CT molecular complexity index is 1380. The number of hydrogen-bond acceptors (Lipinski definition) is 6. The molecule has 0 saturated heterocycles. The van der Waals surface area contributed by atoms with E-state index in [2.05, 4.69) is 27.6 Å². The Balaban J connectivity index is 1.64. The van der Waals surface area contributed by atoms with E-state index in [0.717, 1.165) is 14.7 Å². The highest BCUT2D eigenvalue weighted by molar-refractivity contribution is 14.1. The monoisotopic (exact) mass is 587 g/mol. The van der Waals surface area contributed by atoms with Gasteiger partial charge in [-0.2, -0.15) is 0 Å². The summed E-state index contributed by atoms with van der Waals surface area (Å²) in [6.07, 6.45) is 1.54. The molecule has 4 rings (SSSR count). The van der Waals surface area contributed by atoms with Gasteiger partial charge in [-0.3, -0.25) is 0 Å². The van der Waals surface area contributed by atoms with Crippen molar-refractivity contribution in [2.75, 3.05) is 7.11 Å². The maximum Gasteiger partial charge on any atom is 0.363 e. The number of ether oxygens (including phenoxy) is 3. The van der Waals surface area contributed by atoms with E-state index in [0.29, 0.717) is 16.7 Å². The summed E-state index contributed by atoms with van der Waals surface area (Å²) in [5.74, 6) is -0.558. The number of hydrogen-bond donors (Lipinski definition) is 0. The fourth-order valence-corrected chi connectivity index (χ4v) is 3.93. The van der Waals surface area contributed by atoms with Crippen molar-refractivity contribution < 1.29 is 23.8 Å². The zero-order valence-corrected chi connectivity index (χ0v) is 21.4. The number of carbonyl (C=O) groups is 2. The molecule has 1 aliphatic rings. The van der Waals surface area contributed by atoms with Crippen molar-refractivity contribution in [3.05, 3.63) is 96.7 Å². The third kappa shape index (κ3) is 5.00. The molecule has 0 radical (unpaired) electrons. The lowest BCUT2D eigenvalue weighted by atomic mass is 10.1. The maximum absolute atomic E-state index is 12.6. The molecule has 1 heterocycles. The quantitative estimate of drug-likeness (QED) is 0.155. The number of aryl methyl sites for hydroxylation is 2. The Labute approximate surface area is 215 Å². The number of rotatable bonds is 5. The van der Waals surface area contributed by atoms with Crippen molar-refractivity contribution in [3.8, 4) is 11.5 Å². The summed E-state index contributed by atoms with van der Waals surface area (Å²) in [7, 11) is 1.44. The van der Waals surface area contributed by atoms with E-state index in [1.54, 1.807) is 24.3 Å². The first kappa shape index (κ1) is 24.0. The minimum atomic E-state index is -0.573. The van der Waals surface area contributed by atoms with Crippen molar-refractivity contribution in [1.82, 2.24) is 0 Å². The van der Waals surface area contributed by atoms with Crippen LogP contribution in [0.15, 0.2) is 65.3 Å². The first-order valence-corrected chi connectivity index (χ1v) is 11.7. The summed E-state index contributed by atoms with van der Waals surface area (Å²) < 4.78 is 17.4. The van der Waals surface area contributed by atoms with E-state index in [4.69, 9.17) is 25.8 Å². The number of aliphatic imine (C=N–C) groups is 1. The third-order valence-corrected chi connectivity index (χ3v) is 6.63. The van der Waals surface area contributed by atoms with Gasteiger partial charge >= 0.3 is 11.9 Å². The fourth-order valence-electron chi connectivity index (χ4n) is 3.34. The molecule has 0 bridgehead atoms. The van der Waals surface area contributed by atoms with Crippen LogP contribution in [0.25, 0.3) is 6.08 Å². The summed E-state index contributed by atoms with van der Waals surface area (Å²) in [6, 6.07) is 15.9. The molecule has 3 aromatic rings. The average Bonchev–Trinajstić information content (AvgIpc) is 3.17. The van der Waals surface area contributed by atoms with Crippen LogP contribution in [0.2, 0.25) is 5.02 Å². The summed E-state index contributed by atoms with van der Waals surface area (Å²) in [5, 5.41) is 0.150. The second kappa shape index (κ2) is 9.99. The van der Waals surface area contributed by atoms with Crippen LogP contribution in [0.5, 0.6) is 11.5 Å². The molecule has 0 atom stereocenters. The van der Waals surface area contributed by atoms with Crippen LogP contribution in [-0.2, 0) is 9.53 Å². The van der Waals surface area contributed by atoms with E-state index < -0.39 is 11.9 Å². The first-order chi connectivity index (χ1) is 16.3. The standard InChI is InChI=1S/C26H19ClINO5/c1-14-6-4-5-7-18(14)25(30)33-23-19(27)11-16(13-22(23)32-3)12-21-26(31)34-24(29-21)17-8-9-20(28)15(2)10-17/h4-13H,1-3H3/b21-12-. The van der Waals surface area contributed by atoms with Gasteiger partial charge in [-0.15, -0.1) is 0 Å². The summed E-state index contributed by atoms with van der Waals surface area (Å²) in [6.45, 7) is 3.79. The fraction of sp³-hybridized carbons (Fsp3) is 0.115. The smallest absolute Gasteiger partial charge is 0.363 e. The van der Waals surface area contributed by atoms with E-state index in [9.17, 15) is 9.59 Å². The highest BCUT2D eigenvalue weighted by Gasteiger charge is 2.25. The van der Waals surface area contributed by atoms with E-state index in [1.165, 1.54) is 13.2 Å². The first-order valence-electron chi connectivity index (χ1n) is 10.2. The number of methoxy groups -OCH3 is 1. The van der Waals surface area contributed by atoms with Crippen molar-refractivity contribution in [2.45, 2.75) is 13.8 Å². The molecule has 0 aliphatic carbocycles. The molecule has 0 unspecified atom stereocenters. The van der Waals surface area contributed by atoms with Crippen LogP contribution in [0.3, 0.4) is 0 Å². The largest absolute Gasteiger partial charge is 0.493 e. The van der Waals surface area contributed by atoms with Crippen molar-refractivity contribution in [2.24, 2.45) is 4.99 Å². The van der Waals surface area contributed by atoms with Gasteiger partial charge in [0.1, 0.15) is 0 Å². The molecule has 172 valence electrons. The molecule has 6 nitrogen and oxygen atoms in total. The molecule has 0 N–H and O–H groups in total.